The Labute approximate surface area is 176 Å². The molecule has 11 heteroatoms. The number of sulfonamides is 1. The van der Waals surface area contributed by atoms with E-state index in [2.05, 4.69) is 15.5 Å². The summed E-state index contributed by atoms with van der Waals surface area (Å²) >= 11 is 1.17. The number of hydrogen-bond acceptors (Lipinski definition) is 7. The van der Waals surface area contributed by atoms with Crippen LogP contribution in [0.1, 0.15) is 27.7 Å². The summed E-state index contributed by atoms with van der Waals surface area (Å²) in [6, 6.07) is 6.44. The molecule has 1 aromatic carbocycles. The molecule has 160 valence electrons. The molecule has 0 radical (unpaired) electrons. The Morgan fingerprint density at radius 2 is 1.97 bits per heavy atom. The minimum atomic E-state index is -3.60. The molecule has 3 N–H and O–H groups in total. The second kappa shape index (κ2) is 10.1. The average Bonchev–Trinajstić information content (AvgIpc) is 3.06. The molecule has 2 rings (SSSR count). The highest BCUT2D eigenvalue weighted by Gasteiger charge is 2.23. The number of carbonyl (C=O) groups is 1. The molecular formula is C18H28N6O3S2. The Kier molecular flexibility index (Phi) is 8.05. The van der Waals surface area contributed by atoms with Crippen LogP contribution in [0.4, 0.5) is 0 Å². The monoisotopic (exact) mass is 440 g/mol. The predicted molar refractivity (Wildman–Crippen MR) is 114 cm³/mol. The lowest BCUT2D eigenvalue weighted by Gasteiger charge is -2.18. The van der Waals surface area contributed by atoms with Crippen molar-refractivity contribution < 1.29 is 13.2 Å². The maximum Gasteiger partial charge on any atom is 0.243 e. The zero-order valence-corrected chi connectivity index (χ0v) is 18.8. The molecule has 1 heterocycles. The Balaban J connectivity index is 2.19. The van der Waals surface area contributed by atoms with Gasteiger partial charge in [0.2, 0.25) is 21.1 Å². The molecular weight excluding hydrogens is 412 g/mol. The van der Waals surface area contributed by atoms with E-state index in [1.54, 1.807) is 32.0 Å². The fraction of sp³-hybridized carbons (Fsp3) is 0.500. The Hall–Kier alpha value is -2.11. The fourth-order valence-electron chi connectivity index (χ4n) is 2.58. The number of rotatable bonds is 10. The van der Waals surface area contributed by atoms with Gasteiger partial charge in [-0.25, -0.2) is 13.1 Å². The standard InChI is InChI=1S/C18H28N6O3S2/c1-5-23(6-2)29(26,27)15-9-7-8-14(10-15)17-21-22-18(24(17)19)28-12-16(25)20-11-13(3)4/h7-10,13H,5-6,11-12,19H2,1-4H3,(H,20,25). The van der Waals surface area contributed by atoms with Crippen LogP contribution in [0.3, 0.4) is 0 Å². The summed E-state index contributed by atoms with van der Waals surface area (Å²) in [4.78, 5) is 12.1. The molecule has 0 saturated carbocycles. The summed E-state index contributed by atoms with van der Waals surface area (Å²) in [5.41, 5.74) is 0.532. The first-order valence-electron chi connectivity index (χ1n) is 9.41. The van der Waals surface area contributed by atoms with Gasteiger partial charge < -0.3 is 11.2 Å². The third-order valence-corrected chi connectivity index (χ3v) is 7.13. The van der Waals surface area contributed by atoms with Crippen LogP contribution in [0.25, 0.3) is 11.4 Å². The lowest BCUT2D eigenvalue weighted by Crippen LogP contribution is -2.30. The summed E-state index contributed by atoms with van der Waals surface area (Å²) in [6.07, 6.45) is 0. The van der Waals surface area contributed by atoms with E-state index in [9.17, 15) is 13.2 Å². The van der Waals surface area contributed by atoms with Gasteiger partial charge in [-0.15, -0.1) is 10.2 Å². The SMILES string of the molecule is CCN(CC)S(=O)(=O)c1cccc(-c2nnc(SCC(=O)NCC(C)C)n2N)c1. The fourth-order valence-corrected chi connectivity index (χ4v) is 4.77. The van der Waals surface area contributed by atoms with Gasteiger partial charge in [-0.3, -0.25) is 4.79 Å². The first kappa shape index (κ1) is 23.2. The number of aromatic nitrogens is 3. The summed E-state index contributed by atoms with van der Waals surface area (Å²) in [5, 5.41) is 11.3. The molecule has 0 fully saturated rings. The topological polar surface area (TPSA) is 123 Å². The van der Waals surface area contributed by atoms with Crippen molar-refractivity contribution in [3.8, 4) is 11.4 Å². The predicted octanol–water partition coefficient (Wildman–Crippen LogP) is 1.55. The molecule has 1 aromatic heterocycles. The lowest BCUT2D eigenvalue weighted by molar-refractivity contribution is -0.118. The molecule has 29 heavy (non-hydrogen) atoms. The van der Waals surface area contributed by atoms with Gasteiger partial charge in [-0.05, 0) is 18.1 Å². The molecule has 9 nitrogen and oxygen atoms in total. The van der Waals surface area contributed by atoms with Crippen molar-refractivity contribution in [3.63, 3.8) is 0 Å². The maximum absolute atomic E-state index is 12.8. The van der Waals surface area contributed by atoms with Crippen molar-refractivity contribution in [2.75, 3.05) is 31.2 Å². The first-order chi connectivity index (χ1) is 13.7. The van der Waals surface area contributed by atoms with E-state index in [0.717, 1.165) is 0 Å². The van der Waals surface area contributed by atoms with Crippen molar-refractivity contribution >= 4 is 27.7 Å². The molecule has 0 aliphatic rings. The van der Waals surface area contributed by atoms with Crippen LogP contribution >= 0.6 is 11.8 Å². The average molecular weight is 441 g/mol. The minimum Gasteiger partial charge on any atom is -0.355 e. The van der Waals surface area contributed by atoms with Crippen molar-refractivity contribution in [2.24, 2.45) is 5.92 Å². The van der Waals surface area contributed by atoms with Gasteiger partial charge in [0.25, 0.3) is 0 Å². The van der Waals surface area contributed by atoms with E-state index in [-0.39, 0.29) is 16.6 Å². The number of hydrogen-bond donors (Lipinski definition) is 2. The number of nitrogens with one attached hydrogen (secondary N) is 1. The highest BCUT2D eigenvalue weighted by molar-refractivity contribution is 7.99. The van der Waals surface area contributed by atoms with Crippen LogP contribution in [0.15, 0.2) is 34.3 Å². The van der Waals surface area contributed by atoms with E-state index in [1.165, 1.54) is 26.8 Å². The van der Waals surface area contributed by atoms with Crippen molar-refractivity contribution in [3.05, 3.63) is 24.3 Å². The van der Waals surface area contributed by atoms with Gasteiger partial charge in [-0.2, -0.15) is 4.31 Å². The smallest absolute Gasteiger partial charge is 0.243 e. The number of benzene rings is 1. The van der Waals surface area contributed by atoms with Gasteiger partial charge in [-0.1, -0.05) is 51.6 Å². The zero-order chi connectivity index (χ0) is 21.6. The maximum atomic E-state index is 12.8. The molecule has 0 atom stereocenters. The highest BCUT2D eigenvalue weighted by Crippen LogP contribution is 2.25. The van der Waals surface area contributed by atoms with Crippen LogP contribution < -0.4 is 11.2 Å². The summed E-state index contributed by atoms with van der Waals surface area (Å²) in [7, 11) is -3.60. The Morgan fingerprint density at radius 1 is 1.28 bits per heavy atom. The van der Waals surface area contributed by atoms with Gasteiger partial charge in [0.15, 0.2) is 5.82 Å². The van der Waals surface area contributed by atoms with Gasteiger partial charge in [0.05, 0.1) is 10.6 Å². The second-order valence-electron chi connectivity index (χ2n) is 6.78. The van der Waals surface area contributed by atoms with Crippen molar-refractivity contribution in [1.82, 2.24) is 24.5 Å². The minimum absolute atomic E-state index is 0.111. The van der Waals surface area contributed by atoms with Gasteiger partial charge in [0.1, 0.15) is 0 Å². The summed E-state index contributed by atoms with van der Waals surface area (Å²) in [6.45, 7) is 9.00. The van der Waals surface area contributed by atoms with Gasteiger partial charge in [0, 0.05) is 25.2 Å². The third kappa shape index (κ3) is 5.71. The van der Waals surface area contributed by atoms with Crippen LogP contribution in [0, 0.1) is 5.92 Å². The first-order valence-corrected chi connectivity index (χ1v) is 11.8. The molecule has 0 bridgehead atoms. The van der Waals surface area contributed by atoms with Gasteiger partial charge >= 0.3 is 0 Å². The van der Waals surface area contributed by atoms with E-state index in [4.69, 9.17) is 5.84 Å². The van der Waals surface area contributed by atoms with Crippen LogP contribution in [0.5, 0.6) is 0 Å². The highest BCUT2D eigenvalue weighted by atomic mass is 32.2. The molecule has 0 saturated heterocycles. The molecule has 0 aliphatic heterocycles. The molecule has 1 amide bonds. The number of nitrogen functional groups attached to an aromatic ring is 1. The molecule has 0 unspecified atom stereocenters. The lowest BCUT2D eigenvalue weighted by atomic mass is 10.2. The zero-order valence-electron chi connectivity index (χ0n) is 17.1. The summed E-state index contributed by atoms with van der Waals surface area (Å²) < 4.78 is 28.2. The summed E-state index contributed by atoms with van der Waals surface area (Å²) in [5.74, 6) is 6.84. The third-order valence-electron chi connectivity index (χ3n) is 4.14. The molecule has 0 aliphatic carbocycles. The number of amides is 1. The number of nitrogens with zero attached hydrogens (tertiary/aromatic N) is 4. The van der Waals surface area contributed by atoms with E-state index in [0.29, 0.717) is 42.1 Å². The van der Waals surface area contributed by atoms with E-state index >= 15 is 0 Å². The largest absolute Gasteiger partial charge is 0.355 e. The van der Waals surface area contributed by atoms with Crippen molar-refractivity contribution in [2.45, 2.75) is 37.7 Å². The van der Waals surface area contributed by atoms with Crippen LogP contribution in [-0.2, 0) is 14.8 Å². The molecule has 2 aromatic rings. The quantitative estimate of drug-likeness (QED) is 0.424. The number of thioether (sulfide) groups is 1. The number of nitrogens with two attached hydrogens (primary N) is 1. The normalized spacial score (nSPS) is 11.9. The van der Waals surface area contributed by atoms with Crippen LogP contribution in [-0.4, -0.2) is 58.9 Å². The molecule has 0 spiro atoms. The Morgan fingerprint density at radius 3 is 2.59 bits per heavy atom. The van der Waals surface area contributed by atoms with Crippen molar-refractivity contribution in [1.29, 1.82) is 0 Å². The van der Waals surface area contributed by atoms with E-state index < -0.39 is 10.0 Å². The Bertz CT molecular complexity index is 939. The second-order valence-corrected chi connectivity index (χ2v) is 9.66. The number of carbonyl (C=O) groups excluding carboxylic acids is 1. The van der Waals surface area contributed by atoms with Crippen LogP contribution in [0.2, 0.25) is 0 Å². The van der Waals surface area contributed by atoms with E-state index in [1.807, 2.05) is 13.8 Å².